The number of carbonyl (C=O) groups excluding carboxylic acids is 2. The van der Waals surface area contributed by atoms with Gasteiger partial charge in [-0.05, 0) is 49.7 Å². The molecule has 0 aliphatic heterocycles. The summed E-state index contributed by atoms with van der Waals surface area (Å²) in [4.78, 5) is 24.1. The van der Waals surface area contributed by atoms with Crippen LogP contribution in [0, 0.1) is 18.8 Å². The van der Waals surface area contributed by atoms with Crippen molar-refractivity contribution in [3.05, 3.63) is 29.8 Å². The van der Waals surface area contributed by atoms with Crippen molar-refractivity contribution in [2.75, 3.05) is 5.32 Å². The molecule has 0 aromatic heterocycles. The molecule has 2 rings (SSSR count). The second-order valence-corrected chi connectivity index (χ2v) is 7.79. The standard InChI is InChI=1S/C22H33NO2/c1-17(16-22(25)23-21-13-6-3-9-18(21)2)8-7-12-20(24)15-14-19-10-4-5-11-19/h3,6,9,13,17,19H,4-5,7-8,10-12,14-16H2,1-2H3,(H,23,25). The topological polar surface area (TPSA) is 46.2 Å². The molecule has 0 spiro atoms. The second kappa shape index (κ2) is 10.4. The number of ketones is 1. The number of hydrogen-bond acceptors (Lipinski definition) is 2. The van der Waals surface area contributed by atoms with E-state index in [2.05, 4.69) is 12.2 Å². The van der Waals surface area contributed by atoms with Crippen LogP contribution in [0.5, 0.6) is 0 Å². The fourth-order valence-electron chi connectivity index (χ4n) is 3.77. The molecule has 1 amide bonds. The van der Waals surface area contributed by atoms with Crippen LogP contribution in [-0.4, -0.2) is 11.7 Å². The molecule has 1 aromatic rings. The van der Waals surface area contributed by atoms with Gasteiger partial charge in [0.25, 0.3) is 0 Å². The molecule has 1 N–H and O–H groups in total. The van der Waals surface area contributed by atoms with Gasteiger partial charge in [-0.3, -0.25) is 9.59 Å². The van der Waals surface area contributed by atoms with Crippen molar-refractivity contribution in [2.45, 2.75) is 78.1 Å². The first-order chi connectivity index (χ1) is 12.0. The van der Waals surface area contributed by atoms with E-state index in [1.54, 1.807) is 0 Å². The van der Waals surface area contributed by atoms with Gasteiger partial charge in [0.1, 0.15) is 5.78 Å². The Hall–Kier alpha value is -1.64. The van der Waals surface area contributed by atoms with Gasteiger partial charge in [0.2, 0.25) is 5.91 Å². The fourth-order valence-corrected chi connectivity index (χ4v) is 3.77. The highest BCUT2D eigenvalue weighted by molar-refractivity contribution is 5.91. The van der Waals surface area contributed by atoms with E-state index in [1.807, 2.05) is 31.2 Å². The first-order valence-corrected chi connectivity index (χ1v) is 9.91. The van der Waals surface area contributed by atoms with Gasteiger partial charge in [-0.1, -0.05) is 50.8 Å². The molecule has 138 valence electrons. The van der Waals surface area contributed by atoms with E-state index in [-0.39, 0.29) is 5.91 Å². The summed E-state index contributed by atoms with van der Waals surface area (Å²) in [7, 11) is 0. The van der Waals surface area contributed by atoms with Crippen molar-refractivity contribution in [1.82, 2.24) is 0 Å². The third-order valence-corrected chi connectivity index (χ3v) is 5.41. The number of rotatable bonds is 10. The van der Waals surface area contributed by atoms with E-state index >= 15 is 0 Å². The average molecular weight is 344 g/mol. The van der Waals surface area contributed by atoms with E-state index in [0.29, 0.717) is 24.5 Å². The molecular weight excluding hydrogens is 310 g/mol. The van der Waals surface area contributed by atoms with Crippen LogP contribution in [0.4, 0.5) is 5.69 Å². The molecule has 0 saturated heterocycles. The maximum Gasteiger partial charge on any atom is 0.224 e. The quantitative estimate of drug-likeness (QED) is 0.595. The monoisotopic (exact) mass is 343 g/mol. The number of hydrogen-bond donors (Lipinski definition) is 1. The van der Waals surface area contributed by atoms with Crippen LogP contribution in [-0.2, 0) is 9.59 Å². The van der Waals surface area contributed by atoms with Crippen molar-refractivity contribution in [3.63, 3.8) is 0 Å². The zero-order valence-corrected chi connectivity index (χ0v) is 15.9. The van der Waals surface area contributed by atoms with Gasteiger partial charge in [-0.2, -0.15) is 0 Å². The second-order valence-electron chi connectivity index (χ2n) is 7.79. The molecule has 1 saturated carbocycles. The van der Waals surface area contributed by atoms with Gasteiger partial charge in [0.15, 0.2) is 0 Å². The van der Waals surface area contributed by atoms with Crippen LogP contribution < -0.4 is 5.32 Å². The van der Waals surface area contributed by atoms with Crippen LogP contribution >= 0.6 is 0 Å². The molecule has 1 atom stereocenters. The number of nitrogens with one attached hydrogen (secondary N) is 1. The summed E-state index contributed by atoms with van der Waals surface area (Å²) in [5, 5.41) is 2.99. The zero-order valence-electron chi connectivity index (χ0n) is 15.9. The highest BCUT2D eigenvalue weighted by atomic mass is 16.1. The minimum Gasteiger partial charge on any atom is -0.326 e. The Morgan fingerprint density at radius 2 is 1.88 bits per heavy atom. The Morgan fingerprint density at radius 3 is 2.60 bits per heavy atom. The number of benzene rings is 1. The summed E-state index contributed by atoms with van der Waals surface area (Å²) in [5.74, 6) is 1.58. The maximum atomic E-state index is 12.1. The lowest BCUT2D eigenvalue weighted by atomic mass is 9.96. The summed E-state index contributed by atoms with van der Waals surface area (Å²) >= 11 is 0. The highest BCUT2D eigenvalue weighted by Crippen LogP contribution is 2.28. The Labute approximate surface area is 152 Å². The van der Waals surface area contributed by atoms with Crippen LogP contribution in [0.1, 0.15) is 76.7 Å². The van der Waals surface area contributed by atoms with Gasteiger partial charge in [-0.15, -0.1) is 0 Å². The molecule has 1 unspecified atom stereocenters. The average Bonchev–Trinajstić information content (AvgIpc) is 3.08. The van der Waals surface area contributed by atoms with Crippen molar-refractivity contribution in [3.8, 4) is 0 Å². The van der Waals surface area contributed by atoms with Gasteiger partial charge in [0.05, 0.1) is 0 Å². The van der Waals surface area contributed by atoms with E-state index in [1.165, 1.54) is 25.7 Å². The summed E-state index contributed by atoms with van der Waals surface area (Å²) in [6.07, 6.45) is 10.2. The smallest absolute Gasteiger partial charge is 0.224 e. The molecule has 25 heavy (non-hydrogen) atoms. The van der Waals surface area contributed by atoms with Crippen LogP contribution in [0.25, 0.3) is 0 Å². The summed E-state index contributed by atoms with van der Waals surface area (Å²) in [5.41, 5.74) is 1.97. The van der Waals surface area contributed by atoms with Crippen LogP contribution in [0.15, 0.2) is 24.3 Å². The van der Waals surface area contributed by atoms with Crippen molar-refractivity contribution in [1.29, 1.82) is 0 Å². The minimum atomic E-state index is 0.0642. The minimum absolute atomic E-state index is 0.0642. The number of Topliss-reactive ketones (excluding diaryl/α,β-unsaturated/α-hetero) is 1. The highest BCUT2D eigenvalue weighted by Gasteiger charge is 2.16. The van der Waals surface area contributed by atoms with Crippen LogP contribution in [0.3, 0.4) is 0 Å². The lowest BCUT2D eigenvalue weighted by molar-refractivity contribution is -0.119. The normalized spacial score (nSPS) is 15.9. The predicted octanol–water partition coefficient (Wildman–Crippen LogP) is 5.67. The van der Waals surface area contributed by atoms with Crippen molar-refractivity contribution in [2.24, 2.45) is 11.8 Å². The molecule has 1 aliphatic carbocycles. The zero-order chi connectivity index (χ0) is 18.1. The van der Waals surface area contributed by atoms with Crippen molar-refractivity contribution < 1.29 is 9.59 Å². The van der Waals surface area contributed by atoms with E-state index in [4.69, 9.17) is 0 Å². The summed E-state index contributed by atoms with van der Waals surface area (Å²) in [6.45, 7) is 4.09. The van der Waals surface area contributed by atoms with Gasteiger partial charge in [0, 0.05) is 24.9 Å². The largest absolute Gasteiger partial charge is 0.326 e. The molecule has 1 fully saturated rings. The van der Waals surface area contributed by atoms with Gasteiger partial charge < -0.3 is 5.32 Å². The molecule has 1 aliphatic rings. The van der Waals surface area contributed by atoms with E-state index in [9.17, 15) is 9.59 Å². The van der Waals surface area contributed by atoms with Gasteiger partial charge in [-0.25, -0.2) is 0 Å². The first-order valence-electron chi connectivity index (χ1n) is 9.91. The third kappa shape index (κ3) is 7.41. The first kappa shape index (κ1) is 19.7. The Morgan fingerprint density at radius 1 is 1.16 bits per heavy atom. The molecule has 3 nitrogen and oxygen atoms in total. The SMILES string of the molecule is Cc1ccccc1NC(=O)CC(C)CCCC(=O)CCC1CCCC1. The number of carbonyl (C=O) groups is 2. The van der Waals surface area contributed by atoms with E-state index < -0.39 is 0 Å². The number of aryl methyl sites for hydroxylation is 1. The summed E-state index contributed by atoms with van der Waals surface area (Å²) < 4.78 is 0. The maximum absolute atomic E-state index is 12.1. The van der Waals surface area contributed by atoms with Crippen molar-refractivity contribution >= 4 is 17.4 Å². The number of amides is 1. The molecule has 3 heteroatoms. The number of para-hydroxylation sites is 1. The number of anilines is 1. The van der Waals surface area contributed by atoms with Gasteiger partial charge >= 0.3 is 0 Å². The molecule has 0 bridgehead atoms. The molecule has 0 radical (unpaired) electrons. The lowest BCUT2D eigenvalue weighted by Gasteiger charge is -2.13. The Balaban J connectivity index is 1.58. The Kier molecular flexibility index (Phi) is 8.17. The fraction of sp³-hybridized carbons (Fsp3) is 0.636. The summed E-state index contributed by atoms with van der Waals surface area (Å²) in [6, 6.07) is 7.83. The molecule has 1 aromatic carbocycles. The third-order valence-electron chi connectivity index (χ3n) is 5.41. The lowest BCUT2D eigenvalue weighted by Crippen LogP contribution is -2.16. The predicted molar refractivity (Wildman–Crippen MR) is 104 cm³/mol. The Bertz CT molecular complexity index is 561. The van der Waals surface area contributed by atoms with Crippen LogP contribution in [0.2, 0.25) is 0 Å². The molecule has 0 heterocycles. The molecular formula is C22H33NO2. The van der Waals surface area contributed by atoms with E-state index in [0.717, 1.165) is 42.9 Å².